The summed E-state index contributed by atoms with van der Waals surface area (Å²) in [6.45, 7) is -0.0146. The van der Waals surface area contributed by atoms with Crippen molar-refractivity contribution in [2.24, 2.45) is 0 Å². The number of hydrogen-bond donors (Lipinski definition) is 2. The van der Waals surface area contributed by atoms with Crippen LogP contribution in [-0.2, 0) is 10.0 Å². The topological polar surface area (TPSA) is 79.3 Å². The summed E-state index contributed by atoms with van der Waals surface area (Å²) < 4.78 is 27.4. The van der Waals surface area contributed by atoms with Gasteiger partial charge in [0.2, 0.25) is 10.0 Å². The molecule has 1 aliphatic rings. The maximum absolute atomic E-state index is 12.3. The Morgan fingerprint density at radius 3 is 3.05 bits per heavy atom. The van der Waals surface area contributed by atoms with Gasteiger partial charge in [0.25, 0.3) is 0 Å². The maximum Gasteiger partial charge on any atom is 0.242 e. The third-order valence-electron chi connectivity index (χ3n) is 2.98. The smallest absolute Gasteiger partial charge is 0.242 e. The molecule has 2 heterocycles. The van der Waals surface area contributed by atoms with Gasteiger partial charge in [0.1, 0.15) is 4.90 Å². The van der Waals surface area contributed by atoms with E-state index in [0.717, 1.165) is 24.3 Å². The number of sulfonamides is 1. The normalized spacial score (nSPS) is 18.8. The molecule has 0 radical (unpaired) electrons. The van der Waals surface area contributed by atoms with Crippen molar-refractivity contribution in [2.75, 3.05) is 18.1 Å². The van der Waals surface area contributed by atoms with Crippen molar-refractivity contribution >= 4 is 21.8 Å². The van der Waals surface area contributed by atoms with E-state index in [1.165, 1.54) is 18.5 Å². The second-order valence-corrected chi connectivity index (χ2v) is 7.58. The highest BCUT2D eigenvalue weighted by Crippen LogP contribution is 2.19. The second kappa shape index (κ2) is 7.80. The maximum atomic E-state index is 12.3. The van der Waals surface area contributed by atoms with Gasteiger partial charge < -0.3 is 5.11 Å². The summed E-state index contributed by atoms with van der Waals surface area (Å²) >= 11 is 1.77. The molecule has 0 aliphatic carbocycles. The minimum atomic E-state index is -3.56. The fraction of sp³-hybridized carbons (Fsp3) is 0.500. The SMILES string of the molecule is O=S(=O)(NC1CCCSC1)c1cncc(C#CCCO)c1. The van der Waals surface area contributed by atoms with Gasteiger partial charge in [0.15, 0.2) is 0 Å². The van der Waals surface area contributed by atoms with E-state index < -0.39 is 10.0 Å². The van der Waals surface area contributed by atoms with Gasteiger partial charge in [-0.15, -0.1) is 0 Å². The van der Waals surface area contributed by atoms with E-state index in [4.69, 9.17) is 5.11 Å². The molecular formula is C14H18N2O3S2. The molecule has 114 valence electrons. The van der Waals surface area contributed by atoms with Crippen LogP contribution in [0.2, 0.25) is 0 Å². The van der Waals surface area contributed by atoms with Crippen LogP contribution in [0.1, 0.15) is 24.8 Å². The van der Waals surface area contributed by atoms with Crippen molar-refractivity contribution < 1.29 is 13.5 Å². The number of aromatic nitrogens is 1. The van der Waals surface area contributed by atoms with Crippen molar-refractivity contribution in [1.82, 2.24) is 9.71 Å². The predicted molar refractivity (Wildman–Crippen MR) is 83.5 cm³/mol. The van der Waals surface area contributed by atoms with E-state index in [1.807, 2.05) is 0 Å². The van der Waals surface area contributed by atoms with E-state index in [-0.39, 0.29) is 17.5 Å². The summed E-state index contributed by atoms with van der Waals surface area (Å²) in [4.78, 5) is 4.07. The quantitative estimate of drug-likeness (QED) is 0.807. The van der Waals surface area contributed by atoms with Gasteiger partial charge in [0, 0.05) is 36.2 Å². The summed E-state index contributed by atoms with van der Waals surface area (Å²) in [5.41, 5.74) is 0.532. The zero-order chi connectivity index (χ0) is 15.1. The summed E-state index contributed by atoms with van der Waals surface area (Å²) in [7, 11) is -3.56. The number of rotatable bonds is 4. The number of hydrogen-bond acceptors (Lipinski definition) is 5. The van der Waals surface area contributed by atoms with Gasteiger partial charge in [0.05, 0.1) is 6.61 Å². The molecule has 0 spiro atoms. The van der Waals surface area contributed by atoms with E-state index in [9.17, 15) is 8.42 Å². The van der Waals surface area contributed by atoms with E-state index in [0.29, 0.717) is 12.0 Å². The lowest BCUT2D eigenvalue weighted by atomic mass is 10.2. The summed E-state index contributed by atoms with van der Waals surface area (Å²) in [6, 6.07) is 1.49. The van der Waals surface area contributed by atoms with Crippen LogP contribution in [0.3, 0.4) is 0 Å². The molecule has 21 heavy (non-hydrogen) atoms. The Morgan fingerprint density at radius 2 is 2.33 bits per heavy atom. The molecule has 1 unspecified atom stereocenters. The number of aliphatic hydroxyl groups excluding tert-OH is 1. The van der Waals surface area contributed by atoms with Crippen molar-refractivity contribution in [3.8, 4) is 11.8 Å². The van der Waals surface area contributed by atoms with Crippen molar-refractivity contribution in [1.29, 1.82) is 0 Å². The van der Waals surface area contributed by atoms with Crippen LogP contribution in [0, 0.1) is 11.8 Å². The molecule has 1 fully saturated rings. The summed E-state index contributed by atoms with van der Waals surface area (Å²) in [5.74, 6) is 7.45. The molecule has 0 amide bonds. The fourth-order valence-corrected chi connectivity index (χ4v) is 4.41. The lowest BCUT2D eigenvalue weighted by molar-refractivity contribution is 0.305. The summed E-state index contributed by atoms with van der Waals surface area (Å²) in [6.07, 6.45) is 5.10. The lowest BCUT2D eigenvalue weighted by Crippen LogP contribution is -2.38. The molecule has 2 N–H and O–H groups in total. The molecule has 1 aromatic heterocycles. The molecule has 0 bridgehead atoms. The fourth-order valence-electron chi connectivity index (χ4n) is 1.98. The van der Waals surface area contributed by atoms with Crippen LogP contribution in [0.25, 0.3) is 0 Å². The van der Waals surface area contributed by atoms with Crippen LogP contribution in [0.4, 0.5) is 0 Å². The number of nitrogens with one attached hydrogen (secondary N) is 1. The molecule has 1 saturated heterocycles. The number of nitrogens with zero attached hydrogens (tertiary/aromatic N) is 1. The first kappa shape index (κ1) is 16.3. The Labute approximate surface area is 129 Å². The number of aliphatic hydroxyl groups is 1. The van der Waals surface area contributed by atoms with Gasteiger partial charge in [-0.2, -0.15) is 11.8 Å². The van der Waals surface area contributed by atoms with Crippen molar-refractivity contribution in [2.45, 2.75) is 30.2 Å². The zero-order valence-electron chi connectivity index (χ0n) is 11.6. The van der Waals surface area contributed by atoms with E-state index in [1.54, 1.807) is 11.8 Å². The molecule has 0 aromatic carbocycles. The molecule has 1 aromatic rings. The van der Waals surface area contributed by atoms with Crippen LogP contribution in [-0.4, -0.2) is 42.7 Å². The second-order valence-electron chi connectivity index (χ2n) is 4.72. The van der Waals surface area contributed by atoms with Crippen molar-refractivity contribution in [3.63, 3.8) is 0 Å². The zero-order valence-corrected chi connectivity index (χ0v) is 13.2. The highest BCUT2D eigenvalue weighted by Gasteiger charge is 2.22. The van der Waals surface area contributed by atoms with Gasteiger partial charge in [-0.3, -0.25) is 4.98 Å². The highest BCUT2D eigenvalue weighted by molar-refractivity contribution is 7.99. The Balaban J connectivity index is 2.12. The van der Waals surface area contributed by atoms with Crippen LogP contribution < -0.4 is 4.72 Å². The molecule has 0 saturated carbocycles. The standard InChI is InChI=1S/C14H18N2O3S2/c17-6-2-1-4-12-8-14(10-15-9-12)21(18,19)16-13-5-3-7-20-11-13/h8-10,13,16-17H,2-3,5-7,11H2. The van der Waals surface area contributed by atoms with Gasteiger partial charge in [-0.1, -0.05) is 11.8 Å². The monoisotopic (exact) mass is 326 g/mol. The van der Waals surface area contributed by atoms with Crippen molar-refractivity contribution in [3.05, 3.63) is 24.0 Å². The molecule has 1 aliphatic heterocycles. The third-order valence-corrected chi connectivity index (χ3v) is 5.68. The van der Waals surface area contributed by atoms with Gasteiger partial charge in [-0.05, 0) is 24.7 Å². The first-order valence-electron chi connectivity index (χ1n) is 6.76. The Bertz CT molecular complexity index is 629. The largest absolute Gasteiger partial charge is 0.395 e. The average molecular weight is 326 g/mol. The lowest BCUT2D eigenvalue weighted by Gasteiger charge is -2.22. The van der Waals surface area contributed by atoms with Gasteiger partial charge >= 0.3 is 0 Å². The highest BCUT2D eigenvalue weighted by atomic mass is 32.2. The molecule has 5 nitrogen and oxygen atoms in total. The Kier molecular flexibility index (Phi) is 6.06. The minimum Gasteiger partial charge on any atom is -0.395 e. The van der Waals surface area contributed by atoms with E-state index in [2.05, 4.69) is 21.5 Å². The first-order valence-corrected chi connectivity index (χ1v) is 9.40. The molecule has 2 rings (SSSR count). The third kappa shape index (κ3) is 5.00. The molecule has 1 atom stereocenters. The van der Waals surface area contributed by atoms with Crippen LogP contribution in [0.5, 0.6) is 0 Å². The van der Waals surface area contributed by atoms with Gasteiger partial charge in [-0.25, -0.2) is 13.1 Å². The average Bonchev–Trinajstić information content (AvgIpc) is 2.48. The Morgan fingerprint density at radius 1 is 1.48 bits per heavy atom. The van der Waals surface area contributed by atoms with Crippen LogP contribution in [0.15, 0.2) is 23.4 Å². The van der Waals surface area contributed by atoms with Crippen LogP contribution >= 0.6 is 11.8 Å². The Hall–Kier alpha value is -1.07. The minimum absolute atomic E-state index is 0.0146. The molecule has 7 heteroatoms. The summed E-state index contributed by atoms with van der Waals surface area (Å²) in [5, 5.41) is 8.68. The number of pyridine rings is 1. The first-order chi connectivity index (χ1) is 10.1. The number of thioether (sulfide) groups is 1. The van der Waals surface area contributed by atoms with E-state index >= 15 is 0 Å². The molecular weight excluding hydrogens is 308 g/mol. The predicted octanol–water partition coefficient (Wildman–Crippen LogP) is 0.989.